The van der Waals surface area contributed by atoms with Crippen LogP contribution in [0.2, 0.25) is 0 Å². The molecule has 1 fully saturated rings. The number of amides is 1. The number of carboxylic acid groups (broad SMARTS) is 1. The molecule has 0 aliphatic carbocycles. The van der Waals surface area contributed by atoms with E-state index in [-0.39, 0.29) is 4.32 Å². The molecule has 1 aliphatic rings. The Hall–Kier alpha value is -2.27. The van der Waals surface area contributed by atoms with Crippen LogP contribution in [0.25, 0.3) is 17.4 Å². The number of carboxylic acids is 1. The summed E-state index contributed by atoms with van der Waals surface area (Å²) < 4.78 is 6.00. The minimum absolute atomic E-state index is 0.224. The van der Waals surface area contributed by atoms with Gasteiger partial charge in [-0.3, -0.25) is 9.69 Å². The van der Waals surface area contributed by atoms with E-state index in [1.54, 1.807) is 42.5 Å². The lowest BCUT2D eigenvalue weighted by atomic mass is 10.1. The van der Waals surface area contributed by atoms with Crippen LogP contribution in [0.3, 0.4) is 0 Å². The summed E-state index contributed by atoms with van der Waals surface area (Å²) in [7, 11) is 0. The summed E-state index contributed by atoms with van der Waals surface area (Å²) >= 11 is 7.83. The molecule has 2 aromatic rings. The molecule has 1 unspecified atom stereocenters. The van der Waals surface area contributed by atoms with Crippen molar-refractivity contribution >= 4 is 63.7 Å². The Morgan fingerprint density at radius 2 is 2.10 bits per heavy atom. The molecule has 29 heavy (non-hydrogen) atoms. The number of nitrogens with one attached hydrogen (secondary N) is 1. The quantitative estimate of drug-likeness (QED) is 0.347. The Balaban J connectivity index is 1.80. The highest BCUT2D eigenvalue weighted by Gasteiger charge is 2.40. The van der Waals surface area contributed by atoms with Crippen LogP contribution in [0.15, 0.2) is 45.7 Å². The van der Waals surface area contributed by atoms with Gasteiger partial charge in [0, 0.05) is 17.3 Å². The van der Waals surface area contributed by atoms with Crippen LogP contribution >= 0.6 is 35.7 Å². The first kappa shape index (κ1) is 21.4. The number of carbonyl (C=O) groups excluding carboxylic acids is 1. The van der Waals surface area contributed by atoms with Gasteiger partial charge in [-0.1, -0.05) is 24.0 Å². The van der Waals surface area contributed by atoms with Gasteiger partial charge in [-0.25, -0.2) is 4.79 Å². The van der Waals surface area contributed by atoms with Crippen molar-refractivity contribution in [3.63, 3.8) is 0 Å². The summed E-state index contributed by atoms with van der Waals surface area (Å²) in [4.78, 5) is 25.9. The maximum atomic E-state index is 12.8. The molecule has 0 radical (unpaired) electrons. The molecular formula is C19H17N2O5S3-. The van der Waals surface area contributed by atoms with Crippen molar-refractivity contribution in [2.75, 3.05) is 17.5 Å². The Kier molecular flexibility index (Phi) is 7.01. The number of thioether (sulfide) groups is 2. The topological polar surface area (TPSA) is 106 Å². The molecule has 0 saturated carbocycles. The maximum absolute atomic E-state index is 12.8. The fourth-order valence-corrected chi connectivity index (χ4v) is 4.55. The van der Waals surface area contributed by atoms with Crippen molar-refractivity contribution in [2.24, 2.45) is 0 Å². The Labute approximate surface area is 181 Å². The minimum atomic E-state index is -1.08. The number of anilines is 1. The number of hydrogen-bond donors (Lipinski definition) is 2. The molecule has 1 saturated heterocycles. The van der Waals surface area contributed by atoms with Gasteiger partial charge in [0.25, 0.3) is 5.91 Å². The monoisotopic (exact) mass is 449 g/mol. The van der Waals surface area contributed by atoms with Gasteiger partial charge in [-0.05, 0) is 54.8 Å². The second-order valence-electron chi connectivity index (χ2n) is 6.07. The van der Waals surface area contributed by atoms with Gasteiger partial charge in [-0.15, -0.1) is 0 Å². The van der Waals surface area contributed by atoms with E-state index in [0.717, 1.165) is 17.3 Å². The standard InChI is InChI=1S/C19H17N2O5S3/c1-28-9-8-14(18(23)24)21-17(22)16(29-19(21)27)10-13-6-7-15(26-13)11-2-4-12(20-25)5-3-11/h2-7,10,14,20H,8-9H2,1H3,(H,23,24)/q-1/b16-10+. The third kappa shape index (κ3) is 4.84. The lowest BCUT2D eigenvalue weighted by Crippen LogP contribution is -2.44. The molecule has 2 heterocycles. The van der Waals surface area contributed by atoms with Crippen molar-refractivity contribution < 1.29 is 19.1 Å². The smallest absolute Gasteiger partial charge is 0.326 e. The van der Waals surface area contributed by atoms with Gasteiger partial charge in [0.1, 0.15) is 21.9 Å². The van der Waals surface area contributed by atoms with Crippen molar-refractivity contribution in [1.29, 1.82) is 0 Å². The van der Waals surface area contributed by atoms with E-state index in [1.165, 1.54) is 16.7 Å². The molecular weight excluding hydrogens is 432 g/mol. The van der Waals surface area contributed by atoms with Crippen LogP contribution in [-0.2, 0) is 9.59 Å². The predicted octanol–water partition coefficient (Wildman–Crippen LogP) is 4.26. The fourth-order valence-electron chi connectivity index (χ4n) is 2.76. The average Bonchev–Trinajstić information content (AvgIpc) is 3.28. The number of carbonyl (C=O) groups is 2. The van der Waals surface area contributed by atoms with E-state index < -0.39 is 17.9 Å². The van der Waals surface area contributed by atoms with Crippen LogP contribution in [0.1, 0.15) is 12.2 Å². The third-order valence-corrected chi connectivity index (χ3v) is 6.18. The first-order valence-corrected chi connectivity index (χ1v) is 11.1. The first-order valence-electron chi connectivity index (χ1n) is 8.52. The summed E-state index contributed by atoms with van der Waals surface area (Å²) in [5, 5.41) is 20.1. The number of furan rings is 1. The zero-order chi connectivity index (χ0) is 21.0. The third-order valence-electron chi connectivity index (χ3n) is 4.20. The van der Waals surface area contributed by atoms with Gasteiger partial charge in [0.15, 0.2) is 0 Å². The van der Waals surface area contributed by atoms with Crippen LogP contribution in [0.5, 0.6) is 0 Å². The second-order valence-corrected chi connectivity index (χ2v) is 8.73. The lowest BCUT2D eigenvalue weighted by Gasteiger charge is -2.22. The van der Waals surface area contributed by atoms with E-state index in [2.05, 4.69) is 0 Å². The molecule has 1 aromatic carbocycles. The molecule has 10 heteroatoms. The van der Waals surface area contributed by atoms with Crippen molar-refractivity contribution in [3.05, 3.63) is 52.3 Å². The normalized spacial score (nSPS) is 16.5. The second kappa shape index (κ2) is 9.49. The van der Waals surface area contributed by atoms with Crippen LogP contribution < -0.4 is 5.48 Å². The summed E-state index contributed by atoms with van der Waals surface area (Å²) in [5.74, 6) is 0.121. The zero-order valence-corrected chi connectivity index (χ0v) is 17.7. The fraction of sp³-hybridized carbons (Fsp3) is 0.211. The van der Waals surface area contributed by atoms with Gasteiger partial charge in [0.05, 0.1) is 4.91 Å². The van der Waals surface area contributed by atoms with Gasteiger partial charge >= 0.3 is 5.97 Å². The molecule has 1 aliphatic heterocycles. The maximum Gasteiger partial charge on any atom is 0.326 e. The van der Waals surface area contributed by atoms with Crippen molar-refractivity contribution in [3.8, 4) is 11.3 Å². The minimum Gasteiger partial charge on any atom is -0.761 e. The van der Waals surface area contributed by atoms with Gasteiger partial charge < -0.3 is 20.2 Å². The average molecular weight is 450 g/mol. The number of rotatable bonds is 8. The summed E-state index contributed by atoms with van der Waals surface area (Å²) in [6.45, 7) is 0. The predicted molar refractivity (Wildman–Crippen MR) is 121 cm³/mol. The Morgan fingerprint density at radius 3 is 2.72 bits per heavy atom. The molecule has 1 aromatic heterocycles. The van der Waals surface area contributed by atoms with Gasteiger partial charge in [0.2, 0.25) is 0 Å². The Bertz CT molecular complexity index is 955. The number of benzene rings is 1. The molecule has 2 N–H and O–H groups in total. The molecule has 152 valence electrons. The number of aliphatic carboxylic acids is 1. The highest BCUT2D eigenvalue weighted by molar-refractivity contribution is 8.26. The van der Waals surface area contributed by atoms with Crippen molar-refractivity contribution in [1.82, 2.24) is 4.90 Å². The van der Waals surface area contributed by atoms with E-state index in [4.69, 9.17) is 16.6 Å². The van der Waals surface area contributed by atoms with E-state index in [9.17, 15) is 19.9 Å². The lowest BCUT2D eigenvalue weighted by molar-refractivity contribution is -0.145. The summed E-state index contributed by atoms with van der Waals surface area (Å²) in [6, 6.07) is 9.24. The van der Waals surface area contributed by atoms with Gasteiger partial charge in [-0.2, -0.15) is 11.8 Å². The zero-order valence-electron chi connectivity index (χ0n) is 15.3. The molecule has 1 atom stereocenters. The molecule has 0 bridgehead atoms. The highest BCUT2D eigenvalue weighted by Crippen LogP contribution is 2.35. The molecule has 3 rings (SSSR count). The summed E-state index contributed by atoms with van der Waals surface area (Å²) in [5.41, 5.74) is 3.03. The van der Waals surface area contributed by atoms with E-state index >= 15 is 0 Å². The molecule has 0 spiro atoms. The Morgan fingerprint density at radius 1 is 1.38 bits per heavy atom. The summed E-state index contributed by atoms with van der Waals surface area (Å²) in [6.07, 6.45) is 3.75. The number of hydrogen-bond acceptors (Lipinski definition) is 8. The number of nitrogens with zero attached hydrogens (tertiary/aromatic N) is 1. The van der Waals surface area contributed by atoms with Crippen LogP contribution in [-0.4, -0.2) is 44.3 Å². The van der Waals surface area contributed by atoms with Crippen LogP contribution in [0, 0.1) is 5.21 Å². The molecule has 7 nitrogen and oxygen atoms in total. The van der Waals surface area contributed by atoms with Crippen molar-refractivity contribution in [2.45, 2.75) is 12.5 Å². The SMILES string of the molecule is CSCCC(C(=O)O)N1C(=O)/C(=C\c2ccc(-c3ccc(N[O-])cc3)o2)SC1=S. The van der Waals surface area contributed by atoms with E-state index in [0.29, 0.717) is 34.3 Å². The largest absolute Gasteiger partial charge is 0.761 e. The van der Waals surface area contributed by atoms with Crippen LogP contribution in [0.4, 0.5) is 5.69 Å². The van der Waals surface area contributed by atoms with E-state index in [1.807, 2.05) is 11.7 Å². The first-order chi connectivity index (χ1) is 13.9. The molecule has 1 amide bonds. The number of thiocarbonyl (C=S) groups is 1. The highest BCUT2D eigenvalue weighted by atomic mass is 32.2.